The number of rotatable bonds is 4. The van der Waals surface area contributed by atoms with E-state index < -0.39 is 0 Å². The highest BCUT2D eigenvalue weighted by Crippen LogP contribution is 2.17. The average molecular weight is 292 g/mol. The molecule has 3 rings (SSSR count). The summed E-state index contributed by atoms with van der Waals surface area (Å²) in [6, 6.07) is 15.7. The molecule has 0 spiro atoms. The maximum Gasteiger partial charge on any atom is 0.228 e. The largest absolute Gasteiger partial charge is 0.392 e. The van der Waals surface area contributed by atoms with Crippen LogP contribution in [0, 0.1) is 0 Å². The minimum Gasteiger partial charge on any atom is -0.392 e. The number of benzene rings is 2. The molecule has 0 aliphatic heterocycles. The highest BCUT2D eigenvalue weighted by atomic mass is 16.3. The molecule has 0 atom stereocenters. The molecule has 110 valence electrons. The van der Waals surface area contributed by atoms with Crippen LogP contribution in [0.5, 0.6) is 0 Å². The van der Waals surface area contributed by atoms with Crippen molar-refractivity contribution in [1.29, 1.82) is 0 Å². The molecule has 0 unspecified atom stereocenters. The second-order valence-corrected chi connectivity index (χ2v) is 5.10. The summed E-state index contributed by atoms with van der Waals surface area (Å²) >= 11 is 0. The van der Waals surface area contributed by atoms with Crippen LogP contribution < -0.4 is 5.32 Å². The van der Waals surface area contributed by atoms with E-state index in [1.54, 1.807) is 18.5 Å². The Morgan fingerprint density at radius 1 is 1.09 bits per heavy atom. The highest BCUT2D eigenvalue weighted by molar-refractivity contribution is 5.93. The van der Waals surface area contributed by atoms with Gasteiger partial charge in [0.15, 0.2) is 0 Å². The molecule has 0 fully saturated rings. The molecule has 0 aliphatic rings. The van der Waals surface area contributed by atoms with Crippen molar-refractivity contribution in [3.05, 3.63) is 72.1 Å². The van der Waals surface area contributed by atoms with Gasteiger partial charge in [0.25, 0.3) is 0 Å². The molecule has 4 heteroatoms. The van der Waals surface area contributed by atoms with Crippen molar-refractivity contribution in [3.63, 3.8) is 0 Å². The third-order valence-corrected chi connectivity index (χ3v) is 3.53. The van der Waals surface area contributed by atoms with E-state index in [0.717, 1.165) is 16.3 Å². The van der Waals surface area contributed by atoms with Gasteiger partial charge in [0.05, 0.1) is 24.9 Å². The second-order valence-electron chi connectivity index (χ2n) is 5.10. The Kier molecular flexibility index (Phi) is 4.12. The van der Waals surface area contributed by atoms with Crippen molar-refractivity contribution < 1.29 is 9.90 Å². The minimum atomic E-state index is -0.131. The van der Waals surface area contributed by atoms with Crippen molar-refractivity contribution in [1.82, 2.24) is 4.98 Å². The van der Waals surface area contributed by atoms with Crippen LogP contribution in [0.1, 0.15) is 11.1 Å². The van der Waals surface area contributed by atoms with Gasteiger partial charge in [-0.05, 0) is 22.4 Å². The molecule has 1 aromatic heterocycles. The second kappa shape index (κ2) is 6.37. The molecule has 22 heavy (non-hydrogen) atoms. The van der Waals surface area contributed by atoms with Crippen LogP contribution in [0.15, 0.2) is 60.9 Å². The van der Waals surface area contributed by atoms with E-state index in [4.69, 9.17) is 0 Å². The summed E-state index contributed by atoms with van der Waals surface area (Å²) in [5.41, 5.74) is 2.16. The molecule has 3 aromatic rings. The fourth-order valence-electron chi connectivity index (χ4n) is 2.40. The van der Waals surface area contributed by atoms with Gasteiger partial charge in [-0.3, -0.25) is 9.78 Å². The smallest absolute Gasteiger partial charge is 0.228 e. The molecule has 4 nitrogen and oxygen atoms in total. The number of carbonyl (C=O) groups excluding carboxylic acids is 1. The van der Waals surface area contributed by atoms with E-state index in [9.17, 15) is 9.90 Å². The molecular formula is C18H16N2O2. The zero-order valence-corrected chi connectivity index (χ0v) is 12.0. The van der Waals surface area contributed by atoms with Gasteiger partial charge in [-0.25, -0.2) is 0 Å². The maximum atomic E-state index is 12.2. The van der Waals surface area contributed by atoms with Crippen molar-refractivity contribution >= 4 is 22.4 Å². The number of carbonyl (C=O) groups is 1. The van der Waals surface area contributed by atoms with Crippen LogP contribution in [-0.2, 0) is 17.8 Å². The van der Waals surface area contributed by atoms with Crippen molar-refractivity contribution in [2.24, 2.45) is 0 Å². The monoisotopic (exact) mass is 292 g/mol. The normalized spacial score (nSPS) is 10.6. The number of aliphatic hydroxyl groups excluding tert-OH is 1. The number of pyridine rings is 1. The highest BCUT2D eigenvalue weighted by Gasteiger charge is 2.08. The van der Waals surface area contributed by atoms with Crippen molar-refractivity contribution in [3.8, 4) is 0 Å². The summed E-state index contributed by atoms with van der Waals surface area (Å²) in [5.74, 6) is -0.127. The summed E-state index contributed by atoms with van der Waals surface area (Å²) in [4.78, 5) is 16.1. The molecule has 0 saturated carbocycles. The Bertz CT molecular complexity index is 815. The molecule has 0 aliphatic carbocycles. The maximum absolute atomic E-state index is 12.2. The summed E-state index contributed by atoms with van der Waals surface area (Å²) in [7, 11) is 0. The first kappa shape index (κ1) is 14.2. The minimum absolute atomic E-state index is 0.127. The summed E-state index contributed by atoms with van der Waals surface area (Å²) in [5, 5.41) is 14.3. The zero-order valence-electron chi connectivity index (χ0n) is 12.0. The van der Waals surface area contributed by atoms with Gasteiger partial charge in [0.2, 0.25) is 5.91 Å². The molecular weight excluding hydrogens is 276 g/mol. The molecule has 0 saturated heterocycles. The van der Waals surface area contributed by atoms with Crippen LogP contribution in [0.25, 0.3) is 10.8 Å². The summed E-state index contributed by atoms with van der Waals surface area (Å²) in [6.45, 7) is -0.131. The fraction of sp³-hybridized carbons (Fsp3) is 0.111. The lowest BCUT2D eigenvalue weighted by atomic mass is 10.0. The third kappa shape index (κ3) is 3.13. The Labute approximate surface area is 128 Å². The SMILES string of the molecule is O=C(Cc1ccc2ccccc2c1)Nc1cnccc1CO. The first-order valence-electron chi connectivity index (χ1n) is 7.07. The number of aliphatic hydroxyl groups is 1. The van der Waals surface area contributed by atoms with Gasteiger partial charge in [0, 0.05) is 11.8 Å². The van der Waals surface area contributed by atoms with Crippen molar-refractivity contribution in [2.45, 2.75) is 13.0 Å². The topological polar surface area (TPSA) is 62.2 Å². The van der Waals surface area contributed by atoms with Crippen LogP contribution in [-0.4, -0.2) is 16.0 Å². The molecule has 0 bridgehead atoms. The van der Waals surface area contributed by atoms with E-state index in [-0.39, 0.29) is 18.9 Å². The zero-order chi connectivity index (χ0) is 15.4. The lowest BCUT2D eigenvalue weighted by Crippen LogP contribution is -2.15. The van der Waals surface area contributed by atoms with Gasteiger partial charge in [-0.15, -0.1) is 0 Å². The first-order valence-corrected chi connectivity index (χ1v) is 7.07. The molecule has 2 N–H and O–H groups in total. The lowest BCUT2D eigenvalue weighted by Gasteiger charge is -2.09. The van der Waals surface area contributed by atoms with E-state index in [1.807, 2.05) is 42.5 Å². The number of fused-ring (bicyclic) bond motifs is 1. The third-order valence-electron chi connectivity index (χ3n) is 3.53. The Morgan fingerprint density at radius 2 is 1.91 bits per heavy atom. The molecule has 1 amide bonds. The quantitative estimate of drug-likeness (QED) is 0.777. The average Bonchev–Trinajstić information content (AvgIpc) is 2.55. The number of nitrogens with one attached hydrogen (secondary N) is 1. The van der Waals surface area contributed by atoms with Crippen LogP contribution in [0.2, 0.25) is 0 Å². The Balaban J connectivity index is 1.75. The van der Waals surface area contributed by atoms with E-state index in [2.05, 4.69) is 10.3 Å². The van der Waals surface area contributed by atoms with Gasteiger partial charge in [-0.2, -0.15) is 0 Å². The van der Waals surface area contributed by atoms with Crippen LogP contribution in [0.4, 0.5) is 5.69 Å². The molecule has 1 heterocycles. The van der Waals surface area contributed by atoms with Gasteiger partial charge < -0.3 is 10.4 Å². The standard InChI is InChI=1S/C18H16N2O2/c21-12-16-7-8-19-11-17(16)20-18(22)10-13-5-6-14-3-1-2-4-15(14)9-13/h1-9,11,21H,10,12H2,(H,20,22). The van der Waals surface area contributed by atoms with E-state index >= 15 is 0 Å². The van der Waals surface area contributed by atoms with Crippen LogP contribution in [0.3, 0.4) is 0 Å². The number of anilines is 1. The van der Waals surface area contributed by atoms with Gasteiger partial charge in [0.1, 0.15) is 0 Å². The predicted molar refractivity (Wildman–Crippen MR) is 86.4 cm³/mol. The van der Waals surface area contributed by atoms with E-state index in [0.29, 0.717) is 11.3 Å². The number of amides is 1. The molecule has 0 radical (unpaired) electrons. The first-order chi connectivity index (χ1) is 10.8. The lowest BCUT2D eigenvalue weighted by molar-refractivity contribution is -0.115. The summed E-state index contributed by atoms with van der Waals surface area (Å²) in [6.07, 6.45) is 3.42. The van der Waals surface area contributed by atoms with Gasteiger partial charge in [-0.1, -0.05) is 42.5 Å². The summed E-state index contributed by atoms with van der Waals surface area (Å²) < 4.78 is 0. The number of hydrogen-bond acceptors (Lipinski definition) is 3. The Morgan fingerprint density at radius 3 is 2.73 bits per heavy atom. The molecule has 2 aromatic carbocycles. The van der Waals surface area contributed by atoms with Gasteiger partial charge >= 0.3 is 0 Å². The predicted octanol–water partition coefficient (Wildman–Crippen LogP) is 2.91. The Hall–Kier alpha value is -2.72. The van der Waals surface area contributed by atoms with Crippen LogP contribution >= 0.6 is 0 Å². The number of nitrogens with zero attached hydrogens (tertiary/aromatic N) is 1. The number of hydrogen-bond donors (Lipinski definition) is 2. The fourth-order valence-corrected chi connectivity index (χ4v) is 2.40. The van der Waals surface area contributed by atoms with E-state index in [1.165, 1.54) is 0 Å². The number of aromatic nitrogens is 1. The van der Waals surface area contributed by atoms with Crippen molar-refractivity contribution in [2.75, 3.05) is 5.32 Å².